The van der Waals surface area contributed by atoms with Crippen LogP contribution in [0, 0.1) is 5.92 Å². The van der Waals surface area contributed by atoms with Crippen LogP contribution in [0.4, 0.5) is 0 Å². The highest BCUT2D eigenvalue weighted by atomic mass is 16.5. The van der Waals surface area contributed by atoms with E-state index in [1.54, 1.807) is 6.20 Å². The Kier molecular flexibility index (Phi) is 3.54. The highest BCUT2D eigenvalue weighted by Gasteiger charge is 2.27. The molecule has 1 aromatic heterocycles. The quantitative estimate of drug-likeness (QED) is 0.784. The van der Waals surface area contributed by atoms with E-state index in [-0.39, 0.29) is 5.97 Å². The number of carbonyl (C=O) groups excluding carboxylic acids is 1. The molecule has 3 rings (SSSR count). The molecular weight excluding hydrogens is 252 g/mol. The fourth-order valence-electron chi connectivity index (χ4n) is 2.32. The lowest BCUT2D eigenvalue weighted by molar-refractivity contribution is 0.0506. The van der Waals surface area contributed by atoms with Crippen molar-refractivity contribution in [1.29, 1.82) is 0 Å². The van der Waals surface area contributed by atoms with Crippen molar-refractivity contribution in [1.82, 2.24) is 9.55 Å². The fourth-order valence-corrected chi connectivity index (χ4v) is 2.32. The molecule has 0 N–H and O–H groups in total. The Balaban J connectivity index is 1.99. The first-order chi connectivity index (χ1) is 9.79. The van der Waals surface area contributed by atoms with Gasteiger partial charge in [-0.1, -0.05) is 30.3 Å². The van der Waals surface area contributed by atoms with Gasteiger partial charge in [0.1, 0.15) is 0 Å². The molecule has 20 heavy (non-hydrogen) atoms. The third-order valence-corrected chi connectivity index (χ3v) is 3.52. The second kappa shape index (κ2) is 5.49. The van der Waals surface area contributed by atoms with E-state index in [2.05, 4.69) is 4.98 Å². The molecule has 0 unspecified atom stereocenters. The average molecular weight is 270 g/mol. The van der Waals surface area contributed by atoms with E-state index in [0.29, 0.717) is 18.3 Å². The minimum Gasteiger partial charge on any atom is -0.460 e. The van der Waals surface area contributed by atoms with E-state index < -0.39 is 0 Å². The van der Waals surface area contributed by atoms with Crippen LogP contribution in [0.1, 0.15) is 30.4 Å². The molecule has 0 spiro atoms. The number of rotatable bonds is 5. The Morgan fingerprint density at radius 1 is 1.35 bits per heavy atom. The zero-order valence-corrected chi connectivity index (χ0v) is 11.6. The van der Waals surface area contributed by atoms with Crippen molar-refractivity contribution in [3.05, 3.63) is 42.4 Å². The van der Waals surface area contributed by atoms with Crippen LogP contribution < -0.4 is 0 Å². The van der Waals surface area contributed by atoms with Gasteiger partial charge in [0.25, 0.3) is 0 Å². The predicted octanol–water partition coefficient (Wildman–Crippen LogP) is 3.14. The van der Waals surface area contributed by atoms with Crippen molar-refractivity contribution in [3.63, 3.8) is 0 Å². The number of benzene rings is 1. The summed E-state index contributed by atoms with van der Waals surface area (Å²) < 4.78 is 7.10. The van der Waals surface area contributed by atoms with Crippen LogP contribution in [0.15, 0.2) is 36.5 Å². The van der Waals surface area contributed by atoms with Crippen molar-refractivity contribution in [2.24, 2.45) is 5.92 Å². The van der Waals surface area contributed by atoms with Crippen molar-refractivity contribution >= 4 is 5.97 Å². The molecule has 1 saturated carbocycles. The molecule has 1 aliphatic rings. The summed E-state index contributed by atoms with van der Waals surface area (Å²) >= 11 is 0. The van der Waals surface area contributed by atoms with E-state index >= 15 is 0 Å². The minimum absolute atomic E-state index is 0.338. The van der Waals surface area contributed by atoms with Gasteiger partial charge in [-0.2, -0.15) is 0 Å². The highest BCUT2D eigenvalue weighted by Crippen LogP contribution is 2.33. The zero-order valence-electron chi connectivity index (χ0n) is 11.6. The molecule has 4 heteroatoms. The molecule has 0 amide bonds. The van der Waals surface area contributed by atoms with E-state index in [0.717, 1.165) is 17.8 Å². The van der Waals surface area contributed by atoms with Gasteiger partial charge < -0.3 is 9.30 Å². The summed E-state index contributed by atoms with van der Waals surface area (Å²) in [5.41, 5.74) is 2.07. The molecule has 0 radical (unpaired) electrons. The topological polar surface area (TPSA) is 44.1 Å². The van der Waals surface area contributed by atoms with Crippen molar-refractivity contribution in [3.8, 4) is 11.3 Å². The summed E-state index contributed by atoms with van der Waals surface area (Å²) in [4.78, 5) is 16.3. The summed E-state index contributed by atoms with van der Waals surface area (Å²) in [5, 5.41) is 0. The van der Waals surface area contributed by atoms with E-state index in [4.69, 9.17) is 4.74 Å². The molecular formula is C16H18N2O2. The number of carbonyl (C=O) groups is 1. The molecule has 0 aliphatic heterocycles. The maximum atomic E-state index is 12.0. The number of aromatic nitrogens is 2. The molecule has 1 heterocycles. The second-order valence-corrected chi connectivity index (χ2v) is 5.11. The van der Waals surface area contributed by atoms with Gasteiger partial charge in [0.05, 0.1) is 18.5 Å². The number of esters is 1. The second-order valence-electron chi connectivity index (χ2n) is 5.11. The predicted molar refractivity (Wildman–Crippen MR) is 76.3 cm³/mol. The first kappa shape index (κ1) is 12.9. The number of imidazole rings is 1. The Hall–Kier alpha value is -2.10. The van der Waals surface area contributed by atoms with Gasteiger partial charge in [0.15, 0.2) is 0 Å². The maximum Gasteiger partial charge on any atom is 0.374 e. The molecule has 2 aromatic rings. The molecule has 0 saturated heterocycles. The van der Waals surface area contributed by atoms with E-state index in [1.807, 2.05) is 41.8 Å². The lowest BCUT2D eigenvalue weighted by atomic mass is 10.1. The van der Waals surface area contributed by atoms with Gasteiger partial charge in [0, 0.05) is 6.54 Å². The lowest BCUT2D eigenvalue weighted by Gasteiger charge is -2.11. The standard InChI is InChI=1S/C16H18N2O2/c1-2-20-16(19)15-17-10-14(13-6-4-3-5-7-13)18(15)11-12-8-9-12/h3-7,10,12H,2,8-9,11H2,1H3. The maximum absolute atomic E-state index is 12.0. The number of ether oxygens (including phenoxy) is 1. The largest absolute Gasteiger partial charge is 0.460 e. The summed E-state index contributed by atoms with van der Waals surface area (Å²) in [6.07, 6.45) is 4.23. The van der Waals surface area contributed by atoms with Crippen molar-refractivity contribution in [2.45, 2.75) is 26.3 Å². The third kappa shape index (κ3) is 2.59. The SMILES string of the molecule is CCOC(=O)c1ncc(-c2ccccc2)n1CC1CC1. The summed E-state index contributed by atoms with van der Waals surface area (Å²) in [6, 6.07) is 10.0. The first-order valence-electron chi connectivity index (χ1n) is 7.07. The monoisotopic (exact) mass is 270 g/mol. The van der Waals surface area contributed by atoms with Crippen LogP contribution in [-0.2, 0) is 11.3 Å². The van der Waals surface area contributed by atoms with Crippen LogP contribution in [0.5, 0.6) is 0 Å². The van der Waals surface area contributed by atoms with Crippen LogP contribution in [0.3, 0.4) is 0 Å². The molecule has 104 valence electrons. The third-order valence-electron chi connectivity index (χ3n) is 3.52. The summed E-state index contributed by atoms with van der Waals surface area (Å²) in [7, 11) is 0. The van der Waals surface area contributed by atoms with Crippen LogP contribution in [-0.4, -0.2) is 22.1 Å². The van der Waals surface area contributed by atoms with Crippen LogP contribution in [0.2, 0.25) is 0 Å². The van der Waals surface area contributed by atoms with Gasteiger partial charge in [-0.15, -0.1) is 0 Å². The first-order valence-corrected chi connectivity index (χ1v) is 7.07. The highest BCUT2D eigenvalue weighted by molar-refractivity contribution is 5.86. The van der Waals surface area contributed by atoms with Gasteiger partial charge in [-0.05, 0) is 31.2 Å². The van der Waals surface area contributed by atoms with Crippen LogP contribution in [0.25, 0.3) is 11.3 Å². The molecule has 1 aliphatic carbocycles. The summed E-state index contributed by atoms with van der Waals surface area (Å²) in [5.74, 6) is 0.743. The number of hydrogen-bond donors (Lipinski definition) is 0. The van der Waals surface area contributed by atoms with Crippen molar-refractivity contribution in [2.75, 3.05) is 6.61 Å². The molecule has 0 atom stereocenters. The fraction of sp³-hybridized carbons (Fsp3) is 0.375. The number of hydrogen-bond acceptors (Lipinski definition) is 3. The zero-order chi connectivity index (χ0) is 13.9. The Labute approximate surface area is 118 Å². The van der Waals surface area contributed by atoms with Gasteiger partial charge in [-0.25, -0.2) is 9.78 Å². The normalized spacial score (nSPS) is 14.2. The molecule has 4 nitrogen and oxygen atoms in total. The summed E-state index contributed by atoms with van der Waals surface area (Å²) in [6.45, 7) is 3.03. The van der Waals surface area contributed by atoms with Crippen LogP contribution >= 0.6 is 0 Å². The average Bonchev–Trinajstić information content (AvgIpc) is 3.18. The smallest absolute Gasteiger partial charge is 0.374 e. The molecule has 1 aromatic carbocycles. The van der Waals surface area contributed by atoms with Gasteiger partial charge in [-0.3, -0.25) is 0 Å². The Bertz CT molecular complexity index is 600. The Morgan fingerprint density at radius 2 is 2.10 bits per heavy atom. The van der Waals surface area contributed by atoms with Crippen molar-refractivity contribution < 1.29 is 9.53 Å². The molecule has 0 bridgehead atoms. The Morgan fingerprint density at radius 3 is 2.75 bits per heavy atom. The lowest BCUT2D eigenvalue weighted by Crippen LogP contribution is -2.15. The van der Waals surface area contributed by atoms with Gasteiger partial charge >= 0.3 is 5.97 Å². The van der Waals surface area contributed by atoms with Gasteiger partial charge in [0.2, 0.25) is 5.82 Å². The minimum atomic E-state index is -0.338. The number of nitrogens with zero attached hydrogens (tertiary/aromatic N) is 2. The van der Waals surface area contributed by atoms with E-state index in [1.165, 1.54) is 12.8 Å². The molecule has 1 fully saturated rings. The van der Waals surface area contributed by atoms with E-state index in [9.17, 15) is 4.79 Å².